The maximum Gasteiger partial charge on any atom is 0.159 e. The van der Waals surface area contributed by atoms with Gasteiger partial charge >= 0.3 is 0 Å². The fourth-order valence-corrected chi connectivity index (χ4v) is 1.66. The van der Waals surface area contributed by atoms with Crippen molar-refractivity contribution in [2.75, 3.05) is 0 Å². The first-order valence-electron chi connectivity index (χ1n) is 4.31. The Morgan fingerprint density at radius 2 is 2.36 bits per heavy atom. The maximum absolute atomic E-state index is 9.25. The van der Waals surface area contributed by atoms with Crippen molar-refractivity contribution >= 4 is 27.1 Å². The quantitative estimate of drug-likeness (QED) is 0.887. The van der Waals surface area contributed by atoms with Crippen molar-refractivity contribution in [3.8, 4) is 0 Å². The smallest absolute Gasteiger partial charge is 0.159 e. The highest BCUT2D eigenvalue weighted by atomic mass is 79.9. The van der Waals surface area contributed by atoms with Gasteiger partial charge in [0.25, 0.3) is 0 Å². The zero-order valence-electron chi connectivity index (χ0n) is 7.68. The standard InChI is InChI=1S/C9H10BrN3O/c1-6(14)4-13-5-12-8-2-7(10)3-11-9(8)13/h2-3,5-6,14H,4H2,1H3. The van der Waals surface area contributed by atoms with E-state index in [2.05, 4.69) is 25.9 Å². The number of nitrogens with zero attached hydrogens (tertiary/aromatic N) is 3. The van der Waals surface area contributed by atoms with Gasteiger partial charge in [-0.2, -0.15) is 0 Å². The number of hydrogen-bond donors (Lipinski definition) is 1. The Morgan fingerprint density at radius 3 is 3.07 bits per heavy atom. The third-order valence-electron chi connectivity index (χ3n) is 1.88. The molecule has 74 valence electrons. The lowest BCUT2D eigenvalue weighted by atomic mass is 10.4. The summed E-state index contributed by atoms with van der Waals surface area (Å²) in [5.41, 5.74) is 1.63. The Hall–Kier alpha value is -0.940. The molecule has 0 radical (unpaired) electrons. The first-order chi connectivity index (χ1) is 6.66. The molecule has 0 spiro atoms. The molecule has 0 aliphatic carbocycles. The Morgan fingerprint density at radius 1 is 1.57 bits per heavy atom. The number of fused-ring (bicyclic) bond motifs is 1. The SMILES string of the molecule is CC(O)Cn1cnc2cc(Br)cnc21. The summed E-state index contributed by atoms with van der Waals surface area (Å²) in [6.45, 7) is 2.26. The number of halogens is 1. The molecule has 0 amide bonds. The van der Waals surface area contributed by atoms with Crippen molar-refractivity contribution in [3.05, 3.63) is 23.1 Å². The summed E-state index contributed by atoms with van der Waals surface area (Å²) in [7, 11) is 0. The van der Waals surface area contributed by atoms with E-state index in [9.17, 15) is 5.11 Å². The van der Waals surface area contributed by atoms with E-state index in [-0.39, 0.29) is 0 Å². The molecule has 2 rings (SSSR count). The van der Waals surface area contributed by atoms with Gasteiger partial charge < -0.3 is 9.67 Å². The molecule has 0 aliphatic heterocycles. The van der Waals surface area contributed by atoms with E-state index >= 15 is 0 Å². The number of pyridine rings is 1. The minimum absolute atomic E-state index is 0.391. The van der Waals surface area contributed by atoms with Crippen molar-refractivity contribution in [1.29, 1.82) is 0 Å². The summed E-state index contributed by atoms with van der Waals surface area (Å²) in [5, 5.41) is 9.25. The van der Waals surface area contributed by atoms with Crippen LogP contribution in [-0.4, -0.2) is 25.7 Å². The van der Waals surface area contributed by atoms with E-state index in [1.54, 1.807) is 19.4 Å². The Kier molecular flexibility index (Phi) is 2.52. The lowest BCUT2D eigenvalue weighted by Gasteiger charge is -2.05. The van der Waals surface area contributed by atoms with Gasteiger partial charge in [0.15, 0.2) is 5.65 Å². The fraction of sp³-hybridized carbons (Fsp3) is 0.333. The average molecular weight is 256 g/mol. The Labute approximate surface area is 89.7 Å². The van der Waals surface area contributed by atoms with Gasteiger partial charge in [-0.3, -0.25) is 0 Å². The molecule has 2 aromatic rings. The average Bonchev–Trinajstić information content (AvgIpc) is 2.47. The molecule has 0 saturated carbocycles. The number of rotatable bonds is 2. The lowest BCUT2D eigenvalue weighted by molar-refractivity contribution is 0.175. The van der Waals surface area contributed by atoms with Crippen LogP contribution in [-0.2, 0) is 6.54 Å². The second-order valence-electron chi connectivity index (χ2n) is 3.24. The largest absolute Gasteiger partial charge is 0.392 e. The van der Waals surface area contributed by atoms with Crippen LogP contribution < -0.4 is 0 Å². The predicted molar refractivity (Wildman–Crippen MR) is 56.9 cm³/mol. The minimum Gasteiger partial charge on any atom is -0.392 e. The van der Waals surface area contributed by atoms with Crippen LogP contribution >= 0.6 is 15.9 Å². The zero-order valence-corrected chi connectivity index (χ0v) is 9.27. The van der Waals surface area contributed by atoms with Crippen LogP contribution in [0.25, 0.3) is 11.2 Å². The third-order valence-corrected chi connectivity index (χ3v) is 2.32. The monoisotopic (exact) mass is 255 g/mol. The third kappa shape index (κ3) is 1.78. The summed E-state index contributed by atoms with van der Waals surface area (Å²) in [6.07, 6.45) is 3.03. The van der Waals surface area contributed by atoms with Gasteiger partial charge in [0.2, 0.25) is 0 Å². The summed E-state index contributed by atoms with van der Waals surface area (Å²) in [6, 6.07) is 1.90. The van der Waals surface area contributed by atoms with Crippen LogP contribution in [0, 0.1) is 0 Å². The van der Waals surface area contributed by atoms with E-state index in [4.69, 9.17) is 0 Å². The number of imidazole rings is 1. The fourth-order valence-electron chi connectivity index (χ4n) is 1.34. The number of aliphatic hydroxyl groups excluding tert-OH is 1. The molecule has 4 nitrogen and oxygen atoms in total. The van der Waals surface area contributed by atoms with Crippen LogP contribution in [0.3, 0.4) is 0 Å². The van der Waals surface area contributed by atoms with Crippen LogP contribution in [0.2, 0.25) is 0 Å². The maximum atomic E-state index is 9.25. The Bertz CT molecular complexity index is 452. The molecule has 1 atom stereocenters. The van der Waals surface area contributed by atoms with Gasteiger partial charge in [0.05, 0.1) is 19.0 Å². The number of aromatic nitrogens is 3. The molecule has 5 heteroatoms. The second-order valence-corrected chi connectivity index (χ2v) is 4.16. The molecule has 1 N–H and O–H groups in total. The van der Waals surface area contributed by atoms with E-state index in [1.165, 1.54) is 0 Å². The van der Waals surface area contributed by atoms with E-state index < -0.39 is 6.10 Å². The summed E-state index contributed by atoms with van der Waals surface area (Å²) in [4.78, 5) is 8.43. The molecule has 0 aliphatic rings. The number of hydrogen-bond acceptors (Lipinski definition) is 3. The Balaban J connectivity index is 2.47. The summed E-state index contributed by atoms with van der Waals surface area (Å²) >= 11 is 3.33. The van der Waals surface area contributed by atoms with Gasteiger partial charge in [-0.15, -0.1) is 0 Å². The lowest BCUT2D eigenvalue weighted by Crippen LogP contribution is -2.10. The molecule has 0 bridgehead atoms. The molecule has 0 saturated heterocycles. The minimum atomic E-state index is -0.391. The van der Waals surface area contributed by atoms with Crippen molar-refractivity contribution in [2.45, 2.75) is 19.6 Å². The first-order valence-corrected chi connectivity index (χ1v) is 5.10. The summed E-state index contributed by atoms with van der Waals surface area (Å²) < 4.78 is 2.75. The normalized spacial score (nSPS) is 13.4. The van der Waals surface area contributed by atoms with E-state index in [1.807, 2.05) is 10.6 Å². The van der Waals surface area contributed by atoms with Gasteiger partial charge in [-0.25, -0.2) is 9.97 Å². The second kappa shape index (κ2) is 3.67. The van der Waals surface area contributed by atoms with Gasteiger partial charge in [0, 0.05) is 10.7 Å². The van der Waals surface area contributed by atoms with Gasteiger partial charge in [-0.05, 0) is 28.9 Å². The van der Waals surface area contributed by atoms with E-state index in [0.29, 0.717) is 6.54 Å². The van der Waals surface area contributed by atoms with Crippen molar-refractivity contribution in [3.63, 3.8) is 0 Å². The molecule has 0 aromatic carbocycles. The molecule has 2 aromatic heterocycles. The zero-order chi connectivity index (χ0) is 10.1. The predicted octanol–water partition coefficient (Wildman–Crippen LogP) is 1.57. The van der Waals surface area contributed by atoms with Crippen LogP contribution in [0.5, 0.6) is 0 Å². The highest BCUT2D eigenvalue weighted by molar-refractivity contribution is 9.10. The van der Waals surface area contributed by atoms with Crippen LogP contribution in [0.15, 0.2) is 23.1 Å². The number of aliphatic hydroxyl groups is 1. The van der Waals surface area contributed by atoms with Gasteiger partial charge in [0.1, 0.15) is 5.52 Å². The van der Waals surface area contributed by atoms with E-state index in [0.717, 1.165) is 15.6 Å². The van der Waals surface area contributed by atoms with Crippen LogP contribution in [0.4, 0.5) is 0 Å². The molecule has 2 heterocycles. The van der Waals surface area contributed by atoms with Gasteiger partial charge in [-0.1, -0.05) is 0 Å². The topological polar surface area (TPSA) is 50.9 Å². The first kappa shape index (κ1) is 9.61. The molecular formula is C9H10BrN3O. The summed E-state index contributed by atoms with van der Waals surface area (Å²) in [5.74, 6) is 0. The van der Waals surface area contributed by atoms with Crippen molar-refractivity contribution in [1.82, 2.24) is 14.5 Å². The molecule has 1 unspecified atom stereocenters. The highest BCUT2D eigenvalue weighted by Gasteiger charge is 2.05. The molecule has 0 fully saturated rings. The highest BCUT2D eigenvalue weighted by Crippen LogP contribution is 2.15. The molecular weight excluding hydrogens is 246 g/mol. The van der Waals surface area contributed by atoms with Crippen LogP contribution in [0.1, 0.15) is 6.92 Å². The molecule has 14 heavy (non-hydrogen) atoms. The van der Waals surface area contributed by atoms with Crippen molar-refractivity contribution in [2.24, 2.45) is 0 Å². The van der Waals surface area contributed by atoms with Crippen molar-refractivity contribution < 1.29 is 5.11 Å².